The van der Waals surface area contributed by atoms with Crippen LogP contribution in [0.4, 0.5) is 9.18 Å². The summed E-state index contributed by atoms with van der Waals surface area (Å²) in [6, 6.07) is 13.9. The van der Waals surface area contributed by atoms with Crippen LogP contribution in [0.25, 0.3) is 0 Å². The number of urea groups is 1. The zero-order chi connectivity index (χ0) is 18.5. The summed E-state index contributed by atoms with van der Waals surface area (Å²) in [5, 5.41) is 2.76. The van der Waals surface area contributed by atoms with E-state index in [2.05, 4.69) is 5.32 Å². The summed E-state index contributed by atoms with van der Waals surface area (Å²) in [6.45, 7) is 4.06. The minimum absolute atomic E-state index is 0.0322. The molecule has 1 N–H and O–H groups in total. The number of aryl methyl sites for hydroxylation is 1. The number of carbonyl (C=O) groups excluding carboxylic acids is 2. The van der Waals surface area contributed by atoms with Crippen molar-refractivity contribution in [2.45, 2.75) is 20.0 Å². The second-order valence-electron chi connectivity index (χ2n) is 6.51. The van der Waals surface area contributed by atoms with Crippen molar-refractivity contribution in [2.75, 3.05) is 19.6 Å². The smallest absolute Gasteiger partial charge is 0.320 e. The standard InChI is InChI=1S/C20H22FN3O2/c1-15-2-4-17(5-3-15)13-23-10-11-24(20(23)26)14-19(25)22-12-16-6-8-18(21)9-7-16/h2-9H,10-14H2,1H3,(H,22,25). The molecule has 1 aliphatic rings. The molecule has 0 saturated carbocycles. The maximum Gasteiger partial charge on any atom is 0.320 e. The van der Waals surface area contributed by atoms with Crippen LogP contribution in [-0.2, 0) is 17.9 Å². The molecular weight excluding hydrogens is 333 g/mol. The van der Waals surface area contributed by atoms with E-state index >= 15 is 0 Å². The highest BCUT2D eigenvalue weighted by Gasteiger charge is 2.29. The second kappa shape index (κ2) is 7.99. The number of carbonyl (C=O) groups is 2. The summed E-state index contributed by atoms with van der Waals surface area (Å²) in [5.74, 6) is -0.531. The highest BCUT2D eigenvalue weighted by atomic mass is 19.1. The zero-order valence-electron chi connectivity index (χ0n) is 14.7. The molecular formula is C20H22FN3O2. The van der Waals surface area contributed by atoms with Gasteiger partial charge in [0.1, 0.15) is 12.4 Å². The molecule has 6 heteroatoms. The van der Waals surface area contributed by atoms with E-state index in [1.54, 1.807) is 21.9 Å². The van der Waals surface area contributed by atoms with Crippen LogP contribution >= 0.6 is 0 Å². The molecule has 0 radical (unpaired) electrons. The molecule has 0 unspecified atom stereocenters. The van der Waals surface area contributed by atoms with Crippen molar-refractivity contribution in [3.63, 3.8) is 0 Å². The number of hydrogen-bond donors (Lipinski definition) is 1. The molecule has 26 heavy (non-hydrogen) atoms. The van der Waals surface area contributed by atoms with Crippen molar-refractivity contribution in [3.8, 4) is 0 Å². The highest BCUT2D eigenvalue weighted by Crippen LogP contribution is 2.14. The van der Waals surface area contributed by atoms with Gasteiger partial charge in [0.05, 0.1) is 0 Å². The van der Waals surface area contributed by atoms with Crippen molar-refractivity contribution in [3.05, 3.63) is 71.0 Å². The first-order valence-electron chi connectivity index (χ1n) is 8.62. The lowest BCUT2D eigenvalue weighted by atomic mass is 10.1. The van der Waals surface area contributed by atoms with Crippen LogP contribution in [0.2, 0.25) is 0 Å². The lowest BCUT2D eigenvalue weighted by Crippen LogP contribution is -2.39. The van der Waals surface area contributed by atoms with Gasteiger partial charge in [-0.15, -0.1) is 0 Å². The maximum absolute atomic E-state index is 12.9. The molecule has 3 amide bonds. The van der Waals surface area contributed by atoms with E-state index in [4.69, 9.17) is 0 Å². The molecule has 0 bridgehead atoms. The fourth-order valence-corrected chi connectivity index (χ4v) is 2.87. The van der Waals surface area contributed by atoms with Gasteiger partial charge in [-0.25, -0.2) is 9.18 Å². The fraction of sp³-hybridized carbons (Fsp3) is 0.300. The van der Waals surface area contributed by atoms with Crippen LogP contribution in [-0.4, -0.2) is 41.4 Å². The molecule has 0 atom stereocenters. The molecule has 0 spiro atoms. The maximum atomic E-state index is 12.9. The first-order chi connectivity index (χ1) is 12.5. The van der Waals surface area contributed by atoms with Crippen LogP contribution in [0.3, 0.4) is 0 Å². The van der Waals surface area contributed by atoms with Gasteiger partial charge in [0, 0.05) is 26.2 Å². The van der Waals surface area contributed by atoms with Crippen LogP contribution in [0.15, 0.2) is 48.5 Å². The first-order valence-corrected chi connectivity index (χ1v) is 8.62. The Bertz CT molecular complexity index is 775. The van der Waals surface area contributed by atoms with Crippen LogP contribution in [0, 0.1) is 12.7 Å². The minimum atomic E-state index is -0.309. The molecule has 1 fully saturated rings. The summed E-state index contributed by atoms with van der Waals surface area (Å²) < 4.78 is 12.9. The van der Waals surface area contributed by atoms with E-state index < -0.39 is 0 Å². The minimum Gasteiger partial charge on any atom is -0.350 e. The van der Waals surface area contributed by atoms with E-state index in [1.807, 2.05) is 31.2 Å². The molecule has 2 aromatic carbocycles. The Morgan fingerprint density at radius 3 is 2.31 bits per heavy atom. The van der Waals surface area contributed by atoms with Crippen LogP contribution in [0.1, 0.15) is 16.7 Å². The van der Waals surface area contributed by atoms with E-state index in [1.165, 1.54) is 17.7 Å². The van der Waals surface area contributed by atoms with Gasteiger partial charge in [0.25, 0.3) is 0 Å². The Balaban J connectivity index is 1.47. The Morgan fingerprint density at radius 2 is 1.62 bits per heavy atom. The molecule has 136 valence electrons. The molecule has 1 aliphatic heterocycles. The molecule has 2 aromatic rings. The lowest BCUT2D eigenvalue weighted by molar-refractivity contribution is -0.121. The number of nitrogens with one attached hydrogen (secondary N) is 1. The lowest BCUT2D eigenvalue weighted by Gasteiger charge is -2.18. The normalized spacial score (nSPS) is 14.0. The molecule has 0 aromatic heterocycles. The third-order valence-corrected chi connectivity index (χ3v) is 4.41. The highest BCUT2D eigenvalue weighted by molar-refractivity contribution is 5.85. The molecule has 1 heterocycles. The quantitative estimate of drug-likeness (QED) is 0.866. The molecule has 3 rings (SSSR count). The topological polar surface area (TPSA) is 52.6 Å². The molecule has 0 aliphatic carbocycles. The number of hydrogen-bond acceptors (Lipinski definition) is 2. The van der Waals surface area contributed by atoms with E-state index in [0.717, 1.165) is 11.1 Å². The van der Waals surface area contributed by atoms with Gasteiger partial charge in [-0.3, -0.25) is 4.79 Å². The number of nitrogens with zero attached hydrogens (tertiary/aromatic N) is 2. The number of rotatable bonds is 6. The number of amides is 3. The van der Waals surface area contributed by atoms with Gasteiger partial charge in [-0.2, -0.15) is 0 Å². The summed E-state index contributed by atoms with van der Waals surface area (Å²) in [7, 11) is 0. The van der Waals surface area contributed by atoms with E-state index in [0.29, 0.717) is 26.2 Å². The number of benzene rings is 2. The first kappa shape index (κ1) is 17.9. The number of halogens is 1. The van der Waals surface area contributed by atoms with Crippen molar-refractivity contribution in [2.24, 2.45) is 0 Å². The van der Waals surface area contributed by atoms with E-state index in [9.17, 15) is 14.0 Å². The Morgan fingerprint density at radius 1 is 1.00 bits per heavy atom. The summed E-state index contributed by atoms with van der Waals surface area (Å²) >= 11 is 0. The predicted molar refractivity (Wildman–Crippen MR) is 96.8 cm³/mol. The molecule has 5 nitrogen and oxygen atoms in total. The predicted octanol–water partition coefficient (Wildman–Crippen LogP) is 2.69. The largest absolute Gasteiger partial charge is 0.350 e. The van der Waals surface area contributed by atoms with Gasteiger partial charge in [0.15, 0.2) is 0 Å². The van der Waals surface area contributed by atoms with Crippen LogP contribution in [0.5, 0.6) is 0 Å². The van der Waals surface area contributed by atoms with Crippen molar-refractivity contribution >= 4 is 11.9 Å². The van der Waals surface area contributed by atoms with Gasteiger partial charge >= 0.3 is 6.03 Å². The van der Waals surface area contributed by atoms with Crippen molar-refractivity contribution < 1.29 is 14.0 Å². The third-order valence-electron chi connectivity index (χ3n) is 4.41. The van der Waals surface area contributed by atoms with Gasteiger partial charge in [0.2, 0.25) is 5.91 Å². The van der Waals surface area contributed by atoms with Crippen molar-refractivity contribution in [1.29, 1.82) is 0 Å². The SMILES string of the molecule is Cc1ccc(CN2CCN(CC(=O)NCc3ccc(F)cc3)C2=O)cc1. The van der Waals surface area contributed by atoms with E-state index in [-0.39, 0.29) is 24.3 Å². The average molecular weight is 355 g/mol. The van der Waals surface area contributed by atoms with Gasteiger partial charge in [-0.05, 0) is 30.2 Å². The van der Waals surface area contributed by atoms with Crippen LogP contribution < -0.4 is 5.32 Å². The Kier molecular flexibility index (Phi) is 5.51. The average Bonchev–Trinajstić information content (AvgIpc) is 2.96. The molecule has 1 saturated heterocycles. The van der Waals surface area contributed by atoms with Gasteiger partial charge in [-0.1, -0.05) is 42.0 Å². The Hall–Kier alpha value is -2.89. The summed E-state index contributed by atoms with van der Waals surface area (Å²) in [6.07, 6.45) is 0. The van der Waals surface area contributed by atoms with Crippen molar-refractivity contribution in [1.82, 2.24) is 15.1 Å². The Labute approximate surface area is 152 Å². The second-order valence-corrected chi connectivity index (χ2v) is 6.51. The van der Waals surface area contributed by atoms with Gasteiger partial charge < -0.3 is 15.1 Å². The zero-order valence-corrected chi connectivity index (χ0v) is 14.7. The fourth-order valence-electron chi connectivity index (χ4n) is 2.87. The summed E-state index contributed by atoms with van der Waals surface area (Å²) in [5.41, 5.74) is 3.07. The third kappa shape index (κ3) is 4.59. The monoisotopic (exact) mass is 355 g/mol. The summed E-state index contributed by atoms with van der Waals surface area (Å²) in [4.78, 5) is 27.8.